The monoisotopic (exact) mass is 334 g/mol. The van der Waals surface area contributed by atoms with E-state index < -0.39 is 0 Å². The number of anilines is 1. The van der Waals surface area contributed by atoms with Crippen LogP contribution in [0.2, 0.25) is 0 Å². The first-order valence-corrected chi connectivity index (χ1v) is 8.58. The SMILES string of the molecule is CC1CC(C)(C)N(C)c2cc(F)c(/C=C(/C#N)c3ccccc3)cc21. The highest BCUT2D eigenvalue weighted by atomic mass is 19.1. The third kappa shape index (κ3) is 3.17. The molecule has 0 aromatic heterocycles. The van der Waals surface area contributed by atoms with E-state index in [4.69, 9.17) is 0 Å². The minimum atomic E-state index is -0.292. The quantitative estimate of drug-likeness (QED) is 0.527. The van der Waals surface area contributed by atoms with E-state index in [-0.39, 0.29) is 11.4 Å². The van der Waals surface area contributed by atoms with Gasteiger partial charge in [-0.3, -0.25) is 0 Å². The zero-order valence-corrected chi connectivity index (χ0v) is 15.2. The predicted octanol–water partition coefficient (Wildman–Crippen LogP) is 5.61. The summed E-state index contributed by atoms with van der Waals surface area (Å²) in [6.45, 7) is 6.55. The normalized spacial score (nSPS) is 19.3. The van der Waals surface area contributed by atoms with E-state index in [0.29, 0.717) is 17.1 Å². The Balaban J connectivity index is 2.10. The summed E-state index contributed by atoms with van der Waals surface area (Å²) in [5.74, 6) is 0.0513. The number of hydrogen-bond acceptors (Lipinski definition) is 2. The van der Waals surface area contributed by atoms with Crippen LogP contribution in [0.15, 0.2) is 42.5 Å². The summed E-state index contributed by atoms with van der Waals surface area (Å²) < 4.78 is 14.8. The van der Waals surface area contributed by atoms with Gasteiger partial charge in [-0.05, 0) is 55.5 Å². The molecule has 1 heterocycles. The first kappa shape index (κ1) is 17.2. The van der Waals surface area contributed by atoms with Crippen LogP contribution >= 0.6 is 0 Å². The van der Waals surface area contributed by atoms with Gasteiger partial charge in [-0.1, -0.05) is 37.3 Å². The standard InChI is InChI=1S/C22H23FN2/c1-15-13-22(2,3)25(4)21-12-20(23)17(11-19(15)21)10-18(14-24)16-8-6-5-7-9-16/h5-12,15H,13H2,1-4H3/b18-10-. The van der Waals surface area contributed by atoms with Crippen molar-refractivity contribution < 1.29 is 4.39 Å². The van der Waals surface area contributed by atoms with E-state index in [2.05, 4.69) is 31.7 Å². The lowest BCUT2D eigenvalue weighted by Gasteiger charge is -2.45. The first-order valence-electron chi connectivity index (χ1n) is 8.58. The largest absolute Gasteiger partial charge is 0.369 e. The van der Waals surface area contributed by atoms with Crippen LogP contribution in [0.25, 0.3) is 11.6 Å². The van der Waals surface area contributed by atoms with Crippen LogP contribution in [-0.4, -0.2) is 12.6 Å². The minimum Gasteiger partial charge on any atom is -0.369 e. The van der Waals surface area contributed by atoms with E-state index in [1.54, 1.807) is 12.1 Å². The average molecular weight is 334 g/mol. The summed E-state index contributed by atoms with van der Waals surface area (Å²) in [5, 5.41) is 9.48. The topological polar surface area (TPSA) is 27.0 Å². The summed E-state index contributed by atoms with van der Waals surface area (Å²) in [6.07, 6.45) is 2.66. The summed E-state index contributed by atoms with van der Waals surface area (Å²) in [4.78, 5) is 2.15. The van der Waals surface area contributed by atoms with Crippen molar-refractivity contribution in [2.24, 2.45) is 0 Å². The average Bonchev–Trinajstić information content (AvgIpc) is 2.59. The summed E-state index contributed by atoms with van der Waals surface area (Å²) in [5.41, 5.74) is 3.82. The Labute approximate surface area is 149 Å². The van der Waals surface area contributed by atoms with Crippen molar-refractivity contribution in [1.29, 1.82) is 5.26 Å². The lowest BCUT2D eigenvalue weighted by Crippen LogP contribution is -2.45. The molecule has 2 aromatic carbocycles. The highest BCUT2D eigenvalue weighted by Gasteiger charge is 2.34. The molecular weight excluding hydrogens is 311 g/mol. The molecule has 128 valence electrons. The second-order valence-corrected chi connectivity index (χ2v) is 7.45. The Kier molecular flexibility index (Phi) is 4.39. The van der Waals surface area contributed by atoms with Gasteiger partial charge in [-0.25, -0.2) is 4.39 Å². The molecular formula is C22H23FN2. The Hall–Kier alpha value is -2.60. The van der Waals surface area contributed by atoms with Crippen LogP contribution in [0.1, 0.15) is 49.8 Å². The fourth-order valence-electron chi connectivity index (χ4n) is 3.67. The molecule has 0 spiro atoms. The van der Waals surface area contributed by atoms with Crippen LogP contribution in [0.5, 0.6) is 0 Å². The zero-order chi connectivity index (χ0) is 18.2. The molecule has 0 fully saturated rings. The smallest absolute Gasteiger partial charge is 0.132 e. The van der Waals surface area contributed by atoms with Gasteiger partial charge in [-0.15, -0.1) is 0 Å². The Morgan fingerprint density at radius 2 is 1.96 bits per heavy atom. The summed E-state index contributed by atoms with van der Waals surface area (Å²) in [6, 6.07) is 15.1. The van der Waals surface area contributed by atoms with Gasteiger partial charge in [0.15, 0.2) is 0 Å². The molecule has 1 aliphatic heterocycles. The van der Waals surface area contributed by atoms with Crippen molar-refractivity contribution in [2.75, 3.05) is 11.9 Å². The van der Waals surface area contributed by atoms with E-state index >= 15 is 0 Å². The highest BCUT2D eigenvalue weighted by molar-refractivity contribution is 5.90. The fraction of sp³-hybridized carbons (Fsp3) is 0.318. The number of nitriles is 1. The van der Waals surface area contributed by atoms with Gasteiger partial charge in [-0.2, -0.15) is 5.26 Å². The maximum Gasteiger partial charge on any atom is 0.132 e. The van der Waals surface area contributed by atoms with Crippen LogP contribution in [0.4, 0.5) is 10.1 Å². The molecule has 0 saturated heterocycles. The maximum absolute atomic E-state index is 14.8. The third-order valence-electron chi connectivity index (χ3n) is 5.26. The van der Waals surface area contributed by atoms with Gasteiger partial charge in [0.25, 0.3) is 0 Å². The molecule has 3 heteroatoms. The van der Waals surface area contributed by atoms with Crippen molar-refractivity contribution in [3.63, 3.8) is 0 Å². The molecule has 3 rings (SSSR count). The molecule has 1 atom stereocenters. The second kappa shape index (κ2) is 6.37. The summed E-state index contributed by atoms with van der Waals surface area (Å²) >= 11 is 0. The Morgan fingerprint density at radius 1 is 1.28 bits per heavy atom. The first-order chi connectivity index (χ1) is 11.8. The van der Waals surface area contributed by atoms with Gasteiger partial charge in [0.2, 0.25) is 0 Å². The van der Waals surface area contributed by atoms with Crippen LogP contribution in [0.3, 0.4) is 0 Å². The molecule has 2 nitrogen and oxygen atoms in total. The molecule has 0 N–H and O–H groups in total. The second-order valence-electron chi connectivity index (χ2n) is 7.45. The van der Waals surface area contributed by atoms with Crippen LogP contribution in [0, 0.1) is 17.1 Å². The molecule has 0 aliphatic carbocycles. The number of nitrogens with zero attached hydrogens (tertiary/aromatic N) is 2. The van der Waals surface area contributed by atoms with Gasteiger partial charge < -0.3 is 4.90 Å². The maximum atomic E-state index is 14.8. The van der Waals surface area contributed by atoms with Gasteiger partial charge in [0.1, 0.15) is 5.82 Å². The lowest BCUT2D eigenvalue weighted by molar-refractivity contribution is 0.394. The molecule has 1 aliphatic rings. The van der Waals surface area contributed by atoms with Crippen molar-refractivity contribution >= 4 is 17.3 Å². The Morgan fingerprint density at radius 3 is 2.60 bits per heavy atom. The predicted molar refractivity (Wildman–Crippen MR) is 102 cm³/mol. The molecule has 0 saturated carbocycles. The number of benzene rings is 2. The van der Waals surface area contributed by atoms with Gasteiger partial charge in [0, 0.05) is 23.8 Å². The Bertz CT molecular complexity index is 860. The molecule has 0 bridgehead atoms. The zero-order valence-electron chi connectivity index (χ0n) is 15.2. The number of rotatable bonds is 2. The van der Waals surface area contributed by atoms with Crippen molar-refractivity contribution in [3.05, 3.63) is 65.0 Å². The van der Waals surface area contributed by atoms with Crippen molar-refractivity contribution in [3.8, 4) is 6.07 Å². The van der Waals surface area contributed by atoms with Crippen molar-refractivity contribution in [2.45, 2.75) is 38.6 Å². The number of fused-ring (bicyclic) bond motifs is 1. The lowest BCUT2D eigenvalue weighted by atomic mass is 9.80. The molecule has 25 heavy (non-hydrogen) atoms. The number of hydrogen-bond donors (Lipinski definition) is 0. The van der Waals surface area contributed by atoms with Gasteiger partial charge >= 0.3 is 0 Å². The van der Waals surface area contributed by atoms with E-state index in [0.717, 1.165) is 23.2 Å². The third-order valence-corrected chi connectivity index (χ3v) is 5.26. The fourth-order valence-corrected chi connectivity index (χ4v) is 3.67. The highest BCUT2D eigenvalue weighted by Crippen LogP contribution is 2.43. The van der Waals surface area contributed by atoms with Crippen LogP contribution < -0.4 is 4.90 Å². The van der Waals surface area contributed by atoms with Crippen molar-refractivity contribution in [1.82, 2.24) is 0 Å². The molecule has 0 amide bonds. The minimum absolute atomic E-state index is 0.00192. The van der Waals surface area contributed by atoms with Gasteiger partial charge in [0.05, 0.1) is 11.6 Å². The van der Waals surface area contributed by atoms with E-state index in [1.165, 1.54) is 0 Å². The van der Waals surface area contributed by atoms with E-state index in [1.807, 2.05) is 43.4 Å². The number of halogens is 1. The number of allylic oxidation sites excluding steroid dienone is 1. The molecule has 2 aromatic rings. The molecule has 1 unspecified atom stereocenters. The summed E-state index contributed by atoms with van der Waals surface area (Å²) in [7, 11) is 2.02. The molecule has 0 radical (unpaired) electrons. The van der Waals surface area contributed by atoms with Crippen LogP contribution in [-0.2, 0) is 0 Å². The van der Waals surface area contributed by atoms with E-state index in [9.17, 15) is 9.65 Å².